The van der Waals surface area contributed by atoms with Crippen LogP contribution in [-0.4, -0.2) is 9.38 Å². The van der Waals surface area contributed by atoms with Crippen molar-refractivity contribution < 1.29 is 0 Å². The van der Waals surface area contributed by atoms with Gasteiger partial charge >= 0.3 is 0 Å². The van der Waals surface area contributed by atoms with Gasteiger partial charge in [0.1, 0.15) is 0 Å². The Balaban J connectivity index is 2.75. The van der Waals surface area contributed by atoms with E-state index in [1.807, 2.05) is 16.7 Å². The molecule has 2 N–H and O–H groups in total. The van der Waals surface area contributed by atoms with E-state index in [4.69, 9.17) is 5.73 Å². The smallest absolute Gasteiger partial charge is 0.204 e. The van der Waals surface area contributed by atoms with Gasteiger partial charge in [0.15, 0.2) is 0 Å². The summed E-state index contributed by atoms with van der Waals surface area (Å²) in [5, 5.41) is 0. The van der Waals surface area contributed by atoms with Gasteiger partial charge in [-0.25, -0.2) is 4.98 Å². The van der Waals surface area contributed by atoms with E-state index in [0.29, 0.717) is 11.9 Å². The Morgan fingerprint density at radius 1 is 1.38 bits per heavy atom. The summed E-state index contributed by atoms with van der Waals surface area (Å²) < 4.78 is 1.91. The van der Waals surface area contributed by atoms with Crippen molar-refractivity contribution in [2.45, 2.75) is 19.8 Å². The zero-order valence-electron chi connectivity index (χ0n) is 7.86. The standard InChI is InChI=1S/C10H13N3/c1-7(2)8-4-6-13-9(8)3-5-12-10(13)11/h3-7H,1-2H3,(H2,11,12). The summed E-state index contributed by atoms with van der Waals surface area (Å²) in [4.78, 5) is 4.02. The molecular formula is C10H13N3. The van der Waals surface area contributed by atoms with Crippen molar-refractivity contribution in [3.05, 3.63) is 30.1 Å². The number of rotatable bonds is 1. The number of aromatic nitrogens is 2. The lowest BCUT2D eigenvalue weighted by molar-refractivity contribution is 0.876. The maximum atomic E-state index is 5.72. The van der Waals surface area contributed by atoms with Crippen LogP contribution in [-0.2, 0) is 0 Å². The van der Waals surface area contributed by atoms with Crippen molar-refractivity contribution in [1.29, 1.82) is 0 Å². The van der Waals surface area contributed by atoms with Crippen LogP contribution in [0.3, 0.4) is 0 Å². The SMILES string of the molecule is CC(C)c1ccn2c(N)nccc12. The van der Waals surface area contributed by atoms with Gasteiger partial charge in [-0.3, -0.25) is 4.40 Å². The van der Waals surface area contributed by atoms with E-state index in [1.54, 1.807) is 6.20 Å². The van der Waals surface area contributed by atoms with Gasteiger partial charge in [0.2, 0.25) is 5.95 Å². The Kier molecular flexibility index (Phi) is 1.72. The molecule has 0 bridgehead atoms. The van der Waals surface area contributed by atoms with E-state index in [1.165, 1.54) is 5.56 Å². The van der Waals surface area contributed by atoms with Crippen LogP contribution in [0.15, 0.2) is 24.5 Å². The first-order chi connectivity index (χ1) is 6.20. The van der Waals surface area contributed by atoms with Gasteiger partial charge in [0.25, 0.3) is 0 Å². The second kappa shape index (κ2) is 2.76. The topological polar surface area (TPSA) is 43.3 Å². The van der Waals surface area contributed by atoms with E-state index in [9.17, 15) is 0 Å². The summed E-state index contributed by atoms with van der Waals surface area (Å²) in [5.41, 5.74) is 8.19. The van der Waals surface area contributed by atoms with Crippen LogP contribution in [0.25, 0.3) is 5.52 Å². The summed E-state index contributed by atoms with van der Waals surface area (Å²) in [7, 11) is 0. The van der Waals surface area contributed by atoms with Gasteiger partial charge in [-0.15, -0.1) is 0 Å². The number of anilines is 1. The first-order valence-electron chi connectivity index (χ1n) is 4.41. The highest BCUT2D eigenvalue weighted by molar-refractivity contribution is 5.59. The molecule has 13 heavy (non-hydrogen) atoms. The predicted octanol–water partition coefficient (Wildman–Crippen LogP) is 2.04. The number of nitrogen functional groups attached to an aromatic ring is 1. The number of nitrogens with zero attached hydrogens (tertiary/aromatic N) is 2. The Morgan fingerprint density at radius 3 is 2.85 bits per heavy atom. The molecule has 0 aromatic carbocycles. The van der Waals surface area contributed by atoms with Crippen LogP contribution < -0.4 is 5.73 Å². The lowest BCUT2D eigenvalue weighted by Gasteiger charge is -2.03. The van der Waals surface area contributed by atoms with Gasteiger partial charge in [0.05, 0.1) is 5.52 Å². The Labute approximate surface area is 77.2 Å². The summed E-state index contributed by atoms with van der Waals surface area (Å²) in [6, 6.07) is 4.09. The van der Waals surface area contributed by atoms with Gasteiger partial charge < -0.3 is 5.73 Å². The molecule has 0 spiro atoms. The quantitative estimate of drug-likeness (QED) is 0.720. The maximum Gasteiger partial charge on any atom is 0.204 e. The third-order valence-corrected chi connectivity index (χ3v) is 2.27. The van der Waals surface area contributed by atoms with Crippen molar-refractivity contribution in [3.8, 4) is 0 Å². The molecule has 0 aliphatic carbocycles. The molecule has 0 atom stereocenters. The molecule has 2 rings (SSSR count). The minimum Gasteiger partial charge on any atom is -0.369 e. The fourth-order valence-electron chi connectivity index (χ4n) is 1.57. The summed E-state index contributed by atoms with van der Waals surface area (Å²) in [5.74, 6) is 1.07. The number of hydrogen-bond acceptors (Lipinski definition) is 2. The minimum atomic E-state index is 0.520. The molecule has 0 fully saturated rings. The number of nitrogens with two attached hydrogens (primary N) is 1. The maximum absolute atomic E-state index is 5.72. The fourth-order valence-corrected chi connectivity index (χ4v) is 1.57. The average molecular weight is 175 g/mol. The van der Waals surface area contributed by atoms with Crippen molar-refractivity contribution in [1.82, 2.24) is 9.38 Å². The van der Waals surface area contributed by atoms with Crippen LogP contribution in [0.4, 0.5) is 5.95 Å². The molecule has 2 heterocycles. The molecule has 0 saturated heterocycles. The molecule has 3 nitrogen and oxygen atoms in total. The summed E-state index contributed by atoms with van der Waals surface area (Å²) in [6.07, 6.45) is 3.71. The van der Waals surface area contributed by atoms with E-state index in [-0.39, 0.29) is 0 Å². The van der Waals surface area contributed by atoms with Crippen molar-refractivity contribution in [2.75, 3.05) is 5.73 Å². The molecule has 68 valence electrons. The van der Waals surface area contributed by atoms with E-state index < -0.39 is 0 Å². The van der Waals surface area contributed by atoms with Crippen LogP contribution in [0.5, 0.6) is 0 Å². The monoisotopic (exact) mass is 175 g/mol. The van der Waals surface area contributed by atoms with Crippen molar-refractivity contribution in [3.63, 3.8) is 0 Å². The lowest BCUT2D eigenvalue weighted by atomic mass is 10.1. The zero-order valence-corrected chi connectivity index (χ0v) is 7.86. The molecule has 0 amide bonds. The molecule has 2 aromatic heterocycles. The molecule has 0 aliphatic rings. The molecule has 0 aliphatic heterocycles. The first kappa shape index (κ1) is 8.10. The Morgan fingerprint density at radius 2 is 2.15 bits per heavy atom. The molecule has 0 saturated carbocycles. The minimum absolute atomic E-state index is 0.520. The first-order valence-corrected chi connectivity index (χ1v) is 4.41. The highest BCUT2D eigenvalue weighted by Crippen LogP contribution is 2.22. The predicted molar refractivity (Wildman–Crippen MR) is 53.7 cm³/mol. The Bertz CT molecular complexity index is 429. The molecule has 2 aromatic rings. The lowest BCUT2D eigenvalue weighted by Crippen LogP contribution is -1.98. The molecule has 0 radical (unpaired) electrons. The van der Waals surface area contributed by atoms with Crippen molar-refractivity contribution >= 4 is 11.5 Å². The highest BCUT2D eigenvalue weighted by Gasteiger charge is 2.06. The molecule has 3 heteroatoms. The third-order valence-electron chi connectivity index (χ3n) is 2.27. The highest BCUT2D eigenvalue weighted by atomic mass is 15.1. The second-order valence-electron chi connectivity index (χ2n) is 3.48. The number of hydrogen-bond donors (Lipinski definition) is 1. The van der Waals surface area contributed by atoms with Crippen LogP contribution in [0.2, 0.25) is 0 Å². The largest absolute Gasteiger partial charge is 0.369 e. The Hall–Kier alpha value is -1.51. The average Bonchev–Trinajstić information content (AvgIpc) is 2.48. The number of fused-ring (bicyclic) bond motifs is 1. The van der Waals surface area contributed by atoms with E-state index in [2.05, 4.69) is 24.9 Å². The van der Waals surface area contributed by atoms with Gasteiger partial charge in [-0.1, -0.05) is 13.8 Å². The van der Waals surface area contributed by atoms with E-state index >= 15 is 0 Å². The van der Waals surface area contributed by atoms with Gasteiger partial charge in [0, 0.05) is 12.4 Å². The molecular weight excluding hydrogens is 162 g/mol. The van der Waals surface area contributed by atoms with Gasteiger partial charge in [-0.2, -0.15) is 0 Å². The van der Waals surface area contributed by atoms with Crippen LogP contribution in [0.1, 0.15) is 25.3 Å². The van der Waals surface area contributed by atoms with E-state index in [0.717, 1.165) is 5.52 Å². The molecule has 0 unspecified atom stereocenters. The second-order valence-corrected chi connectivity index (χ2v) is 3.48. The van der Waals surface area contributed by atoms with Crippen molar-refractivity contribution in [2.24, 2.45) is 0 Å². The van der Waals surface area contributed by atoms with Gasteiger partial charge in [-0.05, 0) is 23.6 Å². The third kappa shape index (κ3) is 1.16. The summed E-state index contributed by atoms with van der Waals surface area (Å²) >= 11 is 0. The fraction of sp³-hybridized carbons (Fsp3) is 0.300. The normalized spacial score (nSPS) is 11.3. The van der Waals surface area contributed by atoms with Crippen LogP contribution >= 0.6 is 0 Å². The van der Waals surface area contributed by atoms with Crippen LogP contribution in [0, 0.1) is 0 Å². The summed E-state index contributed by atoms with van der Waals surface area (Å²) in [6.45, 7) is 4.35. The zero-order chi connectivity index (χ0) is 9.42.